The van der Waals surface area contributed by atoms with Crippen LogP contribution < -0.4 is 10.6 Å². The number of benzene rings is 3. The summed E-state index contributed by atoms with van der Waals surface area (Å²) in [5.41, 5.74) is 2.41. The van der Waals surface area contributed by atoms with E-state index in [0.29, 0.717) is 12.2 Å². The molecule has 0 saturated carbocycles. The van der Waals surface area contributed by atoms with Gasteiger partial charge in [0.1, 0.15) is 11.5 Å². The third-order valence-corrected chi connectivity index (χ3v) is 4.95. The predicted molar refractivity (Wildman–Crippen MR) is 108 cm³/mol. The quantitative estimate of drug-likeness (QED) is 0.364. The molecule has 0 bridgehead atoms. The van der Waals surface area contributed by atoms with Crippen LogP contribution in [0.5, 0.6) is 11.5 Å². The van der Waals surface area contributed by atoms with Crippen LogP contribution in [0.1, 0.15) is 12.5 Å². The van der Waals surface area contributed by atoms with Crippen molar-refractivity contribution >= 4 is 29.0 Å². The SMILES string of the molecule is CC(=O)Nc1ccc(Sc2ccccc2CNc2ccc(O)cc2O)cc1. The highest BCUT2D eigenvalue weighted by atomic mass is 32.2. The first-order valence-corrected chi connectivity index (χ1v) is 9.22. The summed E-state index contributed by atoms with van der Waals surface area (Å²) in [7, 11) is 0. The number of phenols is 2. The summed E-state index contributed by atoms with van der Waals surface area (Å²) in [4.78, 5) is 13.3. The molecule has 0 aliphatic carbocycles. The molecule has 0 aromatic heterocycles. The molecule has 4 N–H and O–H groups in total. The maximum atomic E-state index is 11.1. The Hall–Kier alpha value is -3.12. The number of amides is 1. The standard InChI is InChI=1S/C21H20N2O3S/c1-14(24)23-16-6-9-18(10-7-16)27-21-5-3-2-4-15(21)13-22-19-11-8-17(25)12-20(19)26/h2-12,22,25-26H,13H2,1H3,(H,23,24). The maximum Gasteiger partial charge on any atom is 0.221 e. The van der Waals surface area contributed by atoms with Gasteiger partial charge in [0.05, 0.1) is 5.69 Å². The fraction of sp³-hybridized carbons (Fsp3) is 0.0952. The van der Waals surface area contributed by atoms with E-state index >= 15 is 0 Å². The van der Waals surface area contributed by atoms with Crippen molar-refractivity contribution in [3.63, 3.8) is 0 Å². The summed E-state index contributed by atoms with van der Waals surface area (Å²) in [6.45, 7) is 2.02. The van der Waals surface area contributed by atoms with Gasteiger partial charge in [-0.15, -0.1) is 0 Å². The average molecular weight is 380 g/mol. The normalized spacial score (nSPS) is 10.4. The van der Waals surface area contributed by atoms with Crippen molar-refractivity contribution in [2.75, 3.05) is 10.6 Å². The number of phenolic OH excluding ortho intramolecular Hbond substituents is 2. The highest BCUT2D eigenvalue weighted by molar-refractivity contribution is 7.99. The van der Waals surface area contributed by atoms with Gasteiger partial charge in [-0.25, -0.2) is 0 Å². The number of carbonyl (C=O) groups excluding carboxylic acids is 1. The Kier molecular flexibility index (Phi) is 5.88. The second-order valence-electron chi connectivity index (χ2n) is 5.97. The summed E-state index contributed by atoms with van der Waals surface area (Å²) in [5.74, 6) is -0.0604. The Morgan fingerprint density at radius 2 is 1.74 bits per heavy atom. The van der Waals surface area contributed by atoms with Crippen LogP contribution in [0.25, 0.3) is 0 Å². The van der Waals surface area contributed by atoms with Gasteiger partial charge in [0.2, 0.25) is 5.91 Å². The number of aromatic hydroxyl groups is 2. The van der Waals surface area contributed by atoms with E-state index in [2.05, 4.69) is 10.6 Å². The van der Waals surface area contributed by atoms with Crippen molar-refractivity contribution in [1.29, 1.82) is 0 Å². The van der Waals surface area contributed by atoms with Gasteiger partial charge >= 0.3 is 0 Å². The molecule has 1 amide bonds. The van der Waals surface area contributed by atoms with Crippen molar-refractivity contribution in [3.05, 3.63) is 72.3 Å². The lowest BCUT2D eigenvalue weighted by atomic mass is 10.2. The number of hydrogen-bond acceptors (Lipinski definition) is 5. The van der Waals surface area contributed by atoms with Gasteiger partial charge < -0.3 is 20.8 Å². The van der Waals surface area contributed by atoms with Crippen molar-refractivity contribution in [1.82, 2.24) is 0 Å². The molecule has 3 aromatic rings. The Morgan fingerprint density at radius 3 is 2.44 bits per heavy atom. The molecule has 0 spiro atoms. The summed E-state index contributed by atoms with van der Waals surface area (Å²) in [6, 6.07) is 20.2. The first-order valence-electron chi connectivity index (χ1n) is 8.40. The number of rotatable bonds is 6. The molecule has 0 unspecified atom stereocenters. The maximum absolute atomic E-state index is 11.1. The second kappa shape index (κ2) is 8.51. The van der Waals surface area contributed by atoms with Crippen LogP contribution in [0.3, 0.4) is 0 Å². The molecule has 0 atom stereocenters. The van der Waals surface area contributed by atoms with Crippen molar-refractivity contribution < 1.29 is 15.0 Å². The number of carbonyl (C=O) groups is 1. The van der Waals surface area contributed by atoms with E-state index in [1.54, 1.807) is 17.8 Å². The number of nitrogens with one attached hydrogen (secondary N) is 2. The van der Waals surface area contributed by atoms with E-state index in [4.69, 9.17) is 0 Å². The van der Waals surface area contributed by atoms with Gasteiger partial charge in [0.15, 0.2) is 0 Å². The lowest BCUT2D eigenvalue weighted by Crippen LogP contribution is -2.05. The molecule has 0 aliphatic rings. The largest absolute Gasteiger partial charge is 0.508 e. The van der Waals surface area contributed by atoms with E-state index in [0.717, 1.165) is 21.0 Å². The molecule has 27 heavy (non-hydrogen) atoms. The molecule has 6 heteroatoms. The molecule has 3 rings (SSSR count). The van der Waals surface area contributed by atoms with Crippen LogP contribution in [0, 0.1) is 0 Å². The van der Waals surface area contributed by atoms with Crippen LogP contribution in [-0.2, 0) is 11.3 Å². The van der Waals surface area contributed by atoms with E-state index in [1.807, 2.05) is 48.5 Å². The second-order valence-corrected chi connectivity index (χ2v) is 7.09. The summed E-state index contributed by atoms with van der Waals surface area (Å²) in [5, 5.41) is 25.2. The minimum Gasteiger partial charge on any atom is -0.508 e. The first-order chi connectivity index (χ1) is 13.0. The van der Waals surface area contributed by atoms with Crippen LogP contribution in [0.15, 0.2) is 76.5 Å². The van der Waals surface area contributed by atoms with E-state index in [-0.39, 0.29) is 17.4 Å². The van der Waals surface area contributed by atoms with Crippen LogP contribution >= 0.6 is 11.8 Å². The molecule has 5 nitrogen and oxygen atoms in total. The van der Waals surface area contributed by atoms with Gasteiger partial charge in [0, 0.05) is 35.0 Å². The Labute approximate surface area is 162 Å². The third-order valence-electron chi connectivity index (χ3n) is 3.83. The monoisotopic (exact) mass is 380 g/mol. The lowest BCUT2D eigenvalue weighted by molar-refractivity contribution is -0.114. The Balaban J connectivity index is 1.71. The summed E-state index contributed by atoms with van der Waals surface area (Å²) >= 11 is 1.63. The smallest absolute Gasteiger partial charge is 0.221 e. The highest BCUT2D eigenvalue weighted by Crippen LogP contribution is 2.33. The number of hydrogen-bond donors (Lipinski definition) is 4. The molecule has 0 aliphatic heterocycles. The molecular formula is C21H20N2O3S. The van der Waals surface area contributed by atoms with Gasteiger partial charge in [-0.3, -0.25) is 4.79 Å². The minimum atomic E-state index is -0.0932. The highest BCUT2D eigenvalue weighted by Gasteiger charge is 2.07. The fourth-order valence-electron chi connectivity index (χ4n) is 2.55. The molecule has 0 radical (unpaired) electrons. The lowest BCUT2D eigenvalue weighted by Gasteiger charge is -2.12. The van der Waals surface area contributed by atoms with Crippen molar-refractivity contribution in [2.24, 2.45) is 0 Å². The van der Waals surface area contributed by atoms with E-state index < -0.39 is 0 Å². The molecule has 0 saturated heterocycles. The number of anilines is 2. The predicted octanol–water partition coefficient (Wildman–Crippen LogP) is 4.82. The zero-order chi connectivity index (χ0) is 19.2. The van der Waals surface area contributed by atoms with Gasteiger partial charge in [0.25, 0.3) is 0 Å². The van der Waals surface area contributed by atoms with Gasteiger partial charge in [-0.05, 0) is 48.0 Å². The van der Waals surface area contributed by atoms with Crippen LogP contribution in [0.2, 0.25) is 0 Å². The fourth-order valence-corrected chi connectivity index (χ4v) is 3.49. The Bertz CT molecular complexity index is 942. The molecular weight excluding hydrogens is 360 g/mol. The molecule has 0 fully saturated rings. The van der Waals surface area contributed by atoms with Gasteiger partial charge in [-0.2, -0.15) is 0 Å². The summed E-state index contributed by atoms with van der Waals surface area (Å²) in [6.07, 6.45) is 0. The minimum absolute atomic E-state index is 0.00805. The van der Waals surface area contributed by atoms with Gasteiger partial charge in [-0.1, -0.05) is 30.0 Å². The molecule has 3 aromatic carbocycles. The topological polar surface area (TPSA) is 81.6 Å². The first kappa shape index (κ1) is 18.7. The van der Waals surface area contributed by atoms with Crippen LogP contribution in [0.4, 0.5) is 11.4 Å². The zero-order valence-corrected chi connectivity index (χ0v) is 15.6. The van der Waals surface area contributed by atoms with Crippen molar-refractivity contribution in [2.45, 2.75) is 23.3 Å². The summed E-state index contributed by atoms with van der Waals surface area (Å²) < 4.78 is 0. The van der Waals surface area contributed by atoms with Crippen molar-refractivity contribution in [3.8, 4) is 11.5 Å². The molecule has 138 valence electrons. The Morgan fingerprint density at radius 1 is 1.00 bits per heavy atom. The van der Waals surface area contributed by atoms with E-state index in [9.17, 15) is 15.0 Å². The van der Waals surface area contributed by atoms with Crippen LogP contribution in [-0.4, -0.2) is 16.1 Å². The molecule has 0 heterocycles. The average Bonchev–Trinajstić information content (AvgIpc) is 2.63. The third kappa shape index (κ3) is 5.18. The zero-order valence-electron chi connectivity index (χ0n) is 14.8. The van der Waals surface area contributed by atoms with E-state index in [1.165, 1.54) is 19.1 Å².